The Bertz CT molecular complexity index is 525. The van der Waals surface area contributed by atoms with Crippen molar-refractivity contribution in [2.75, 3.05) is 21.3 Å². The first kappa shape index (κ1) is 12.4. The third kappa shape index (κ3) is 2.43. The Kier molecular flexibility index (Phi) is 3.78. The Hall–Kier alpha value is -2.08. The summed E-state index contributed by atoms with van der Waals surface area (Å²) in [4.78, 5) is 4.26. The smallest absolute Gasteiger partial charge is 0.240 e. The molecular formula is C12H15N3O3. The van der Waals surface area contributed by atoms with Crippen LogP contribution >= 0.6 is 0 Å². The molecule has 0 fully saturated rings. The van der Waals surface area contributed by atoms with E-state index in [1.807, 2.05) is 25.2 Å². The average molecular weight is 249 g/mol. The number of rotatable bonds is 5. The predicted molar refractivity (Wildman–Crippen MR) is 65.6 cm³/mol. The first-order valence-electron chi connectivity index (χ1n) is 5.48. The minimum atomic E-state index is 0.529. The number of hydrogen-bond donors (Lipinski definition) is 1. The molecule has 1 aromatic heterocycles. The predicted octanol–water partition coefficient (Wildman–Crippen LogP) is 1.47. The highest BCUT2D eigenvalue weighted by atomic mass is 16.5. The summed E-state index contributed by atoms with van der Waals surface area (Å²) >= 11 is 0. The van der Waals surface area contributed by atoms with Gasteiger partial charge in [-0.05, 0) is 25.2 Å². The molecule has 0 radical (unpaired) electrons. The molecule has 0 saturated heterocycles. The second-order valence-corrected chi connectivity index (χ2v) is 3.61. The molecule has 0 spiro atoms. The lowest BCUT2D eigenvalue weighted by Crippen LogP contribution is -2.04. The van der Waals surface area contributed by atoms with E-state index >= 15 is 0 Å². The summed E-state index contributed by atoms with van der Waals surface area (Å²) in [5, 5.41) is 6.86. The second-order valence-electron chi connectivity index (χ2n) is 3.61. The van der Waals surface area contributed by atoms with Gasteiger partial charge in [0.05, 0.1) is 20.8 Å². The van der Waals surface area contributed by atoms with Crippen molar-refractivity contribution in [2.24, 2.45) is 0 Å². The van der Waals surface area contributed by atoms with Gasteiger partial charge in [-0.3, -0.25) is 0 Å². The minimum absolute atomic E-state index is 0.529. The normalized spacial score (nSPS) is 10.4. The van der Waals surface area contributed by atoms with Gasteiger partial charge >= 0.3 is 0 Å². The van der Waals surface area contributed by atoms with E-state index in [0.29, 0.717) is 29.8 Å². The molecule has 1 aromatic carbocycles. The largest absolute Gasteiger partial charge is 0.493 e. The number of benzene rings is 1. The fraction of sp³-hybridized carbons (Fsp3) is 0.333. The highest BCUT2D eigenvalue weighted by Crippen LogP contribution is 2.31. The second kappa shape index (κ2) is 5.50. The zero-order valence-corrected chi connectivity index (χ0v) is 10.6. The SMILES string of the molecule is CNCc1nc(-c2ccc(OC)c(OC)c2)no1. The molecule has 0 aliphatic carbocycles. The van der Waals surface area contributed by atoms with Gasteiger partial charge in [-0.15, -0.1) is 0 Å². The number of hydrogen-bond acceptors (Lipinski definition) is 6. The van der Waals surface area contributed by atoms with Crippen LogP contribution in [0.4, 0.5) is 0 Å². The average Bonchev–Trinajstić information content (AvgIpc) is 2.87. The Morgan fingerprint density at radius 2 is 2.00 bits per heavy atom. The lowest BCUT2D eigenvalue weighted by molar-refractivity contribution is 0.355. The lowest BCUT2D eigenvalue weighted by atomic mass is 10.2. The molecule has 96 valence electrons. The zero-order valence-electron chi connectivity index (χ0n) is 10.6. The van der Waals surface area contributed by atoms with E-state index in [0.717, 1.165) is 5.56 Å². The van der Waals surface area contributed by atoms with E-state index in [-0.39, 0.29) is 0 Å². The number of aromatic nitrogens is 2. The molecular weight excluding hydrogens is 234 g/mol. The lowest BCUT2D eigenvalue weighted by Gasteiger charge is -2.07. The highest BCUT2D eigenvalue weighted by molar-refractivity contribution is 5.60. The summed E-state index contributed by atoms with van der Waals surface area (Å²) in [6.45, 7) is 0.542. The van der Waals surface area contributed by atoms with Crippen molar-refractivity contribution in [3.05, 3.63) is 24.1 Å². The number of ether oxygens (including phenoxy) is 2. The summed E-state index contributed by atoms with van der Waals surface area (Å²) in [6.07, 6.45) is 0. The van der Waals surface area contributed by atoms with Crippen LogP contribution in [0.3, 0.4) is 0 Å². The van der Waals surface area contributed by atoms with Gasteiger partial charge in [-0.2, -0.15) is 4.98 Å². The fourth-order valence-electron chi connectivity index (χ4n) is 1.57. The van der Waals surface area contributed by atoms with E-state index in [9.17, 15) is 0 Å². The van der Waals surface area contributed by atoms with Gasteiger partial charge < -0.3 is 19.3 Å². The molecule has 6 nitrogen and oxygen atoms in total. The molecule has 1 N–H and O–H groups in total. The molecule has 6 heteroatoms. The van der Waals surface area contributed by atoms with E-state index in [1.165, 1.54) is 0 Å². The third-order valence-corrected chi connectivity index (χ3v) is 2.44. The Balaban J connectivity index is 2.31. The van der Waals surface area contributed by atoms with E-state index in [2.05, 4.69) is 15.5 Å². The maximum Gasteiger partial charge on any atom is 0.240 e. The number of methoxy groups -OCH3 is 2. The van der Waals surface area contributed by atoms with Crippen molar-refractivity contribution in [2.45, 2.75) is 6.54 Å². The highest BCUT2D eigenvalue weighted by Gasteiger charge is 2.11. The van der Waals surface area contributed by atoms with Gasteiger partial charge in [0.1, 0.15) is 0 Å². The van der Waals surface area contributed by atoms with E-state index in [4.69, 9.17) is 14.0 Å². The van der Waals surface area contributed by atoms with Crippen LogP contribution in [-0.2, 0) is 6.54 Å². The van der Waals surface area contributed by atoms with Crippen molar-refractivity contribution in [3.63, 3.8) is 0 Å². The molecule has 0 amide bonds. The zero-order chi connectivity index (χ0) is 13.0. The van der Waals surface area contributed by atoms with Crippen LogP contribution < -0.4 is 14.8 Å². The van der Waals surface area contributed by atoms with Gasteiger partial charge in [0.25, 0.3) is 0 Å². The van der Waals surface area contributed by atoms with E-state index < -0.39 is 0 Å². The topological polar surface area (TPSA) is 69.4 Å². The molecule has 1 heterocycles. The summed E-state index contributed by atoms with van der Waals surface area (Å²) < 4.78 is 15.5. The van der Waals surface area contributed by atoms with Crippen LogP contribution in [0.15, 0.2) is 22.7 Å². The molecule has 0 unspecified atom stereocenters. The minimum Gasteiger partial charge on any atom is -0.493 e. The number of nitrogens with one attached hydrogen (secondary N) is 1. The maximum atomic E-state index is 5.23. The van der Waals surface area contributed by atoms with Crippen molar-refractivity contribution in [1.82, 2.24) is 15.5 Å². The van der Waals surface area contributed by atoms with Crippen molar-refractivity contribution in [3.8, 4) is 22.9 Å². The molecule has 0 aliphatic heterocycles. The van der Waals surface area contributed by atoms with Crippen LogP contribution in [-0.4, -0.2) is 31.4 Å². The summed E-state index contributed by atoms with van der Waals surface area (Å²) in [6, 6.07) is 5.48. The fourth-order valence-corrected chi connectivity index (χ4v) is 1.57. The monoisotopic (exact) mass is 249 g/mol. The molecule has 2 rings (SSSR count). The maximum absolute atomic E-state index is 5.23. The Morgan fingerprint density at radius 1 is 1.22 bits per heavy atom. The summed E-state index contributed by atoms with van der Waals surface area (Å²) in [5.74, 6) is 2.37. The van der Waals surface area contributed by atoms with Crippen LogP contribution in [0.5, 0.6) is 11.5 Å². The Morgan fingerprint density at radius 3 is 2.67 bits per heavy atom. The molecule has 2 aromatic rings. The van der Waals surface area contributed by atoms with Crippen molar-refractivity contribution < 1.29 is 14.0 Å². The first-order valence-corrected chi connectivity index (χ1v) is 5.48. The van der Waals surface area contributed by atoms with Gasteiger partial charge in [0, 0.05) is 5.56 Å². The molecule has 0 aliphatic rings. The van der Waals surface area contributed by atoms with Crippen molar-refractivity contribution in [1.29, 1.82) is 0 Å². The van der Waals surface area contributed by atoms with Gasteiger partial charge in [0.2, 0.25) is 11.7 Å². The van der Waals surface area contributed by atoms with Gasteiger partial charge in [-0.1, -0.05) is 5.16 Å². The molecule has 0 saturated carbocycles. The van der Waals surface area contributed by atoms with Crippen LogP contribution in [0.1, 0.15) is 5.89 Å². The first-order chi connectivity index (χ1) is 8.78. The van der Waals surface area contributed by atoms with Gasteiger partial charge in [-0.25, -0.2) is 0 Å². The van der Waals surface area contributed by atoms with Crippen LogP contribution in [0.2, 0.25) is 0 Å². The standard InChI is InChI=1S/C12H15N3O3/c1-13-7-11-14-12(15-18-11)8-4-5-9(16-2)10(6-8)17-3/h4-6,13H,7H2,1-3H3. The summed E-state index contributed by atoms with van der Waals surface area (Å²) in [5.41, 5.74) is 0.818. The molecule has 0 bridgehead atoms. The van der Waals surface area contributed by atoms with Crippen LogP contribution in [0, 0.1) is 0 Å². The molecule has 0 atom stereocenters. The van der Waals surface area contributed by atoms with Crippen LogP contribution in [0.25, 0.3) is 11.4 Å². The van der Waals surface area contributed by atoms with Gasteiger partial charge in [0.15, 0.2) is 11.5 Å². The third-order valence-electron chi connectivity index (χ3n) is 2.44. The van der Waals surface area contributed by atoms with E-state index in [1.54, 1.807) is 14.2 Å². The molecule has 18 heavy (non-hydrogen) atoms. The van der Waals surface area contributed by atoms with Crippen molar-refractivity contribution >= 4 is 0 Å². The Labute approximate surface area is 105 Å². The quantitative estimate of drug-likeness (QED) is 0.865. The number of nitrogens with zero attached hydrogens (tertiary/aromatic N) is 2. The summed E-state index contributed by atoms with van der Waals surface area (Å²) in [7, 11) is 5.00.